The van der Waals surface area contributed by atoms with Crippen molar-refractivity contribution < 1.29 is 0 Å². The van der Waals surface area contributed by atoms with Gasteiger partial charge in [0.15, 0.2) is 5.82 Å². The summed E-state index contributed by atoms with van der Waals surface area (Å²) in [6, 6.07) is 5.61. The minimum atomic E-state index is 0.629. The molecule has 4 nitrogen and oxygen atoms in total. The molecule has 1 saturated carbocycles. The molecule has 0 amide bonds. The summed E-state index contributed by atoms with van der Waals surface area (Å²) >= 11 is 0. The second kappa shape index (κ2) is 5.45. The van der Waals surface area contributed by atoms with E-state index in [4.69, 9.17) is 0 Å². The van der Waals surface area contributed by atoms with Crippen LogP contribution in [-0.4, -0.2) is 28.8 Å². The van der Waals surface area contributed by atoms with Crippen LogP contribution < -0.4 is 10.2 Å². The fourth-order valence-corrected chi connectivity index (χ4v) is 2.91. The standard InChI is InChI=1S/C15H24N4/c1-11(2)14-4-3-9-19(14)15-8-7-13(17-18-15)10-16-12-5-6-12/h7-8,11-12,14,16H,3-6,9-10H2,1-2H3. The molecule has 3 rings (SSSR count). The molecule has 1 aliphatic carbocycles. The number of rotatable bonds is 5. The highest BCUT2D eigenvalue weighted by Crippen LogP contribution is 2.28. The van der Waals surface area contributed by atoms with Crippen LogP contribution in [-0.2, 0) is 6.54 Å². The normalized spacial score (nSPS) is 23.3. The Morgan fingerprint density at radius 1 is 1.26 bits per heavy atom. The van der Waals surface area contributed by atoms with Gasteiger partial charge in [-0.1, -0.05) is 13.8 Å². The topological polar surface area (TPSA) is 41.0 Å². The van der Waals surface area contributed by atoms with E-state index in [9.17, 15) is 0 Å². The summed E-state index contributed by atoms with van der Waals surface area (Å²) < 4.78 is 0. The molecule has 0 spiro atoms. The summed E-state index contributed by atoms with van der Waals surface area (Å²) in [7, 11) is 0. The number of hydrogen-bond donors (Lipinski definition) is 1. The van der Waals surface area contributed by atoms with Crippen molar-refractivity contribution in [2.45, 2.75) is 58.2 Å². The smallest absolute Gasteiger partial charge is 0.151 e. The molecule has 104 valence electrons. The predicted molar refractivity (Wildman–Crippen MR) is 77.1 cm³/mol. The van der Waals surface area contributed by atoms with Crippen molar-refractivity contribution in [1.29, 1.82) is 0 Å². The predicted octanol–water partition coefficient (Wildman–Crippen LogP) is 2.35. The summed E-state index contributed by atoms with van der Waals surface area (Å²) in [5.41, 5.74) is 1.05. The van der Waals surface area contributed by atoms with Crippen LogP contribution >= 0.6 is 0 Å². The van der Waals surface area contributed by atoms with Crippen LogP contribution in [0.3, 0.4) is 0 Å². The average molecular weight is 260 g/mol. The number of nitrogens with one attached hydrogen (secondary N) is 1. The molecule has 0 radical (unpaired) electrons. The third-order valence-corrected chi connectivity index (χ3v) is 4.22. The fourth-order valence-electron chi connectivity index (χ4n) is 2.91. The van der Waals surface area contributed by atoms with Crippen molar-refractivity contribution in [2.24, 2.45) is 5.92 Å². The summed E-state index contributed by atoms with van der Waals surface area (Å²) in [4.78, 5) is 2.43. The van der Waals surface area contributed by atoms with E-state index in [0.717, 1.165) is 30.6 Å². The number of nitrogens with zero attached hydrogens (tertiary/aromatic N) is 3. The molecular formula is C15H24N4. The Bertz CT molecular complexity index is 411. The largest absolute Gasteiger partial charge is 0.352 e. The van der Waals surface area contributed by atoms with E-state index in [2.05, 4.69) is 46.4 Å². The van der Waals surface area contributed by atoms with Gasteiger partial charge >= 0.3 is 0 Å². The van der Waals surface area contributed by atoms with E-state index in [0.29, 0.717) is 12.0 Å². The van der Waals surface area contributed by atoms with E-state index in [1.807, 2.05) is 0 Å². The van der Waals surface area contributed by atoms with Crippen molar-refractivity contribution >= 4 is 5.82 Å². The lowest BCUT2D eigenvalue weighted by Crippen LogP contribution is -2.34. The van der Waals surface area contributed by atoms with E-state index >= 15 is 0 Å². The monoisotopic (exact) mass is 260 g/mol. The molecule has 1 aromatic rings. The van der Waals surface area contributed by atoms with Crippen molar-refractivity contribution in [3.05, 3.63) is 17.8 Å². The summed E-state index contributed by atoms with van der Waals surface area (Å²) in [5, 5.41) is 12.3. The lowest BCUT2D eigenvalue weighted by Gasteiger charge is -2.28. The first-order valence-corrected chi connectivity index (χ1v) is 7.56. The first kappa shape index (κ1) is 12.9. The van der Waals surface area contributed by atoms with E-state index < -0.39 is 0 Å². The van der Waals surface area contributed by atoms with Gasteiger partial charge in [-0.3, -0.25) is 0 Å². The Morgan fingerprint density at radius 3 is 2.74 bits per heavy atom. The molecule has 1 saturated heterocycles. The molecule has 1 atom stereocenters. The number of anilines is 1. The highest BCUT2D eigenvalue weighted by molar-refractivity contribution is 5.40. The van der Waals surface area contributed by atoms with Crippen molar-refractivity contribution in [3.8, 4) is 0 Å². The third-order valence-electron chi connectivity index (χ3n) is 4.22. The summed E-state index contributed by atoms with van der Waals surface area (Å²) in [6.07, 6.45) is 5.19. The van der Waals surface area contributed by atoms with Crippen molar-refractivity contribution in [1.82, 2.24) is 15.5 Å². The van der Waals surface area contributed by atoms with Gasteiger partial charge in [-0.05, 0) is 43.7 Å². The Morgan fingerprint density at radius 2 is 2.11 bits per heavy atom. The van der Waals surface area contributed by atoms with Gasteiger partial charge in [-0.15, -0.1) is 5.10 Å². The minimum absolute atomic E-state index is 0.629. The van der Waals surface area contributed by atoms with Crippen LogP contribution in [0.4, 0.5) is 5.82 Å². The molecule has 1 N–H and O–H groups in total. The van der Waals surface area contributed by atoms with Gasteiger partial charge in [0.1, 0.15) is 0 Å². The van der Waals surface area contributed by atoms with Crippen LogP contribution in [0.15, 0.2) is 12.1 Å². The molecule has 2 fully saturated rings. The van der Waals surface area contributed by atoms with Crippen molar-refractivity contribution in [3.63, 3.8) is 0 Å². The Hall–Kier alpha value is -1.16. The zero-order valence-corrected chi connectivity index (χ0v) is 12.0. The molecule has 0 bridgehead atoms. The summed E-state index contributed by atoms with van der Waals surface area (Å²) in [6.45, 7) is 6.57. The first-order chi connectivity index (χ1) is 9.24. The van der Waals surface area contributed by atoms with Crippen molar-refractivity contribution in [2.75, 3.05) is 11.4 Å². The number of aromatic nitrogens is 2. The van der Waals surface area contributed by atoms with Gasteiger partial charge in [-0.25, -0.2) is 0 Å². The fraction of sp³-hybridized carbons (Fsp3) is 0.733. The van der Waals surface area contributed by atoms with Crippen LogP contribution in [0.2, 0.25) is 0 Å². The molecule has 1 unspecified atom stereocenters. The maximum atomic E-state index is 4.43. The van der Waals surface area contributed by atoms with E-state index in [-0.39, 0.29) is 0 Å². The van der Waals surface area contributed by atoms with Gasteiger partial charge in [0.05, 0.1) is 5.69 Å². The van der Waals surface area contributed by atoms with E-state index in [1.54, 1.807) is 0 Å². The summed E-state index contributed by atoms with van der Waals surface area (Å²) in [5.74, 6) is 1.73. The molecule has 4 heteroatoms. The van der Waals surface area contributed by atoms with Gasteiger partial charge in [0, 0.05) is 25.2 Å². The van der Waals surface area contributed by atoms with Crippen LogP contribution in [0.25, 0.3) is 0 Å². The first-order valence-electron chi connectivity index (χ1n) is 7.56. The second-order valence-electron chi connectivity index (χ2n) is 6.19. The molecule has 1 aromatic heterocycles. The van der Waals surface area contributed by atoms with Crippen LogP contribution in [0.1, 0.15) is 45.2 Å². The maximum absolute atomic E-state index is 4.43. The molecular weight excluding hydrogens is 236 g/mol. The zero-order valence-electron chi connectivity index (χ0n) is 12.0. The molecule has 2 aliphatic rings. The molecule has 19 heavy (non-hydrogen) atoms. The molecule has 2 heterocycles. The highest BCUT2D eigenvalue weighted by atomic mass is 15.3. The third kappa shape index (κ3) is 3.06. The lowest BCUT2D eigenvalue weighted by molar-refractivity contribution is 0.488. The van der Waals surface area contributed by atoms with Crippen LogP contribution in [0.5, 0.6) is 0 Å². The van der Waals surface area contributed by atoms with Gasteiger partial charge in [0.2, 0.25) is 0 Å². The minimum Gasteiger partial charge on any atom is -0.352 e. The van der Waals surface area contributed by atoms with E-state index in [1.165, 1.54) is 25.7 Å². The number of hydrogen-bond acceptors (Lipinski definition) is 4. The quantitative estimate of drug-likeness (QED) is 0.882. The Kier molecular flexibility index (Phi) is 3.69. The molecule has 0 aromatic carbocycles. The van der Waals surface area contributed by atoms with Gasteiger partial charge in [0.25, 0.3) is 0 Å². The Labute approximate surface area is 115 Å². The zero-order chi connectivity index (χ0) is 13.2. The van der Waals surface area contributed by atoms with Crippen LogP contribution in [0, 0.1) is 5.92 Å². The maximum Gasteiger partial charge on any atom is 0.151 e. The average Bonchev–Trinajstić information content (AvgIpc) is 3.11. The SMILES string of the molecule is CC(C)C1CCCN1c1ccc(CNC2CC2)nn1. The Balaban J connectivity index is 1.63. The second-order valence-corrected chi connectivity index (χ2v) is 6.19. The van der Waals surface area contributed by atoms with Gasteiger partial charge in [-0.2, -0.15) is 5.10 Å². The lowest BCUT2D eigenvalue weighted by atomic mass is 10.0. The molecule has 1 aliphatic heterocycles. The van der Waals surface area contributed by atoms with Gasteiger partial charge < -0.3 is 10.2 Å². The highest BCUT2D eigenvalue weighted by Gasteiger charge is 2.28.